The average Bonchev–Trinajstić information content (AvgIpc) is 3.66. The van der Waals surface area contributed by atoms with E-state index in [-0.39, 0.29) is 0 Å². The SMILES string of the molecule is c1ccc(-c2cc(-c3ccccc3)nc(-c3ccc(-c4ccc(-c5nc6ccccc6c6cc7c(cc56)C(c5ccccc5)(c5ccccc5)c5ccccc5-7)cc4)cc3)n2)cc1. The Labute approximate surface area is 366 Å². The maximum Gasteiger partial charge on any atom is 0.160 e. The molecule has 0 aliphatic heterocycles. The van der Waals surface area contributed by atoms with Crippen LogP contribution in [0.5, 0.6) is 0 Å². The van der Waals surface area contributed by atoms with Crippen LogP contribution in [0.15, 0.2) is 237 Å². The van der Waals surface area contributed by atoms with Gasteiger partial charge in [0, 0.05) is 33.0 Å². The lowest BCUT2D eigenvalue weighted by atomic mass is 9.67. The molecule has 0 saturated carbocycles. The summed E-state index contributed by atoms with van der Waals surface area (Å²) in [6.45, 7) is 0. The Morgan fingerprint density at radius 1 is 0.286 bits per heavy atom. The number of rotatable bonds is 7. The van der Waals surface area contributed by atoms with Gasteiger partial charge in [-0.05, 0) is 74.2 Å². The van der Waals surface area contributed by atoms with Crippen LogP contribution in [0.4, 0.5) is 0 Å². The highest BCUT2D eigenvalue weighted by Crippen LogP contribution is 2.57. The van der Waals surface area contributed by atoms with Gasteiger partial charge < -0.3 is 0 Å². The fraction of sp³-hybridized carbons (Fsp3) is 0.0167. The number of hydrogen-bond acceptors (Lipinski definition) is 3. The molecule has 0 atom stereocenters. The molecule has 0 fully saturated rings. The van der Waals surface area contributed by atoms with E-state index < -0.39 is 5.41 Å². The van der Waals surface area contributed by atoms with Gasteiger partial charge in [-0.1, -0.05) is 212 Å². The van der Waals surface area contributed by atoms with Crippen molar-refractivity contribution in [2.75, 3.05) is 0 Å². The van der Waals surface area contributed by atoms with Crippen molar-refractivity contribution < 1.29 is 0 Å². The van der Waals surface area contributed by atoms with Crippen LogP contribution < -0.4 is 0 Å². The van der Waals surface area contributed by atoms with Crippen LogP contribution in [0.25, 0.3) is 89.1 Å². The lowest BCUT2D eigenvalue weighted by Crippen LogP contribution is -2.28. The molecule has 0 radical (unpaired) electrons. The second-order valence-corrected chi connectivity index (χ2v) is 16.3. The Bertz CT molecular complexity index is 3360. The third-order valence-corrected chi connectivity index (χ3v) is 12.8. The van der Waals surface area contributed by atoms with E-state index in [0.717, 1.165) is 66.8 Å². The minimum Gasteiger partial charge on any atom is -0.247 e. The first-order chi connectivity index (χ1) is 31.2. The third-order valence-electron chi connectivity index (χ3n) is 12.8. The van der Waals surface area contributed by atoms with Gasteiger partial charge in [-0.15, -0.1) is 0 Å². The summed E-state index contributed by atoms with van der Waals surface area (Å²) in [5.41, 5.74) is 17.3. The Morgan fingerprint density at radius 3 is 1.38 bits per heavy atom. The van der Waals surface area contributed by atoms with Gasteiger partial charge in [-0.2, -0.15) is 0 Å². The molecule has 0 unspecified atom stereocenters. The summed E-state index contributed by atoms with van der Waals surface area (Å²) in [6, 6.07) is 84.6. The highest BCUT2D eigenvalue weighted by atomic mass is 14.9. The predicted octanol–water partition coefficient (Wildman–Crippen LogP) is 14.9. The first kappa shape index (κ1) is 36.6. The van der Waals surface area contributed by atoms with Crippen molar-refractivity contribution in [3.05, 3.63) is 259 Å². The number of hydrogen-bond donors (Lipinski definition) is 0. The summed E-state index contributed by atoms with van der Waals surface area (Å²) in [7, 11) is 0. The number of fused-ring (bicyclic) bond motifs is 6. The van der Waals surface area contributed by atoms with E-state index in [4.69, 9.17) is 15.0 Å². The topological polar surface area (TPSA) is 38.7 Å². The first-order valence-electron chi connectivity index (χ1n) is 21.5. The lowest BCUT2D eigenvalue weighted by Gasteiger charge is -2.34. The van der Waals surface area contributed by atoms with E-state index in [2.05, 4.69) is 200 Å². The minimum absolute atomic E-state index is 0.501. The van der Waals surface area contributed by atoms with Crippen molar-refractivity contribution in [3.63, 3.8) is 0 Å². The maximum absolute atomic E-state index is 5.43. The summed E-state index contributed by atoms with van der Waals surface area (Å²) in [4.78, 5) is 15.5. The Balaban J connectivity index is 0.970. The zero-order valence-corrected chi connectivity index (χ0v) is 34.4. The van der Waals surface area contributed by atoms with Crippen LogP contribution in [0.3, 0.4) is 0 Å². The fourth-order valence-corrected chi connectivity index (χ4v) is 9.83. The van der Waals surface area contributed by atoms with Gasteiger partial charge in [0.1, 0.15) is 0 Å². The van der Waals surface area contributed by atoms with Gasteiger partial charge in [-0.3, -0.25) is 0 Å². The van der Waals surface area contributed by atoms with E-state index in [1.54, 1.807) is 0 Å². The highest BCUT2D eigenvalue weighted by Gasteiger charge is 2.46. The standard InChI is InChI=1S/C60H39N3/c1-5-17-42(18-6-1)56-39-57(43-19-7-2-8-20-43)63-59(62-56)45-35-31-41(32-36-45)40-29-33-44(34-30-40)58-52-38-54-51(37-50(52)49-26-14-16-28-55(49)61-58)48-25-13-15-27-53(48)60(54,46-21-9-3-10-22-46)47-23-11-4-12-24-47/h1-39H. The molecule has 294 valence electrons. The highest BCUT2D eigenvalue weighted by molar-refractivity contribution is 6.13. The molecular formula is C60H39N3. The predicted molar refractivity (Wildman–Crippen MR) is 259 cm³/mol. The minimum atomic E-state index is -0.501. The van der Waals surface area contributed by atoms with Gasteiger partial charge in [0.2, 0.25) is 0 Å². The lowest BCUT2D eigenvalue weighted by molar-refractivity contribution is 0.769. The molecule has 9 aromatic carbocycles. The maximum atomic E-state index is 5.43. The van der Waals surface area contributed by atoms with Gasteiger partial charge in [-0.25, -0.2) is 15.0 Å². The van der Waals surface area contributed by atoms with Crippen LogP contribution in [-0.4, -0.2) is 15.0 Å². The summed E-state index contributed by atoms with van der Waals surface area (Å²) in [5.74, 6) is 0.699. The van der Waals surface area contributed by atoms with Crippen molar-refractivity contribution in [2.24, 2.45) is 0 Å². The molecule has 3 heteroatoms. The molecule has 0 bridgehead atoms. The summed E-state index contributed by atoms with van der Waals surface area (Å²) < 4.78 is 0. The van der Waals surface area contributed by atoms with Gasteiger partial charge in [0.05, 0.1) is 28.0 Å². The molecule has 11 aromatic rings. The number of aromatic nitrogens is 3. The molecule has 0 amide bonds. The smallest absolute Gasteiger partial charge is 0.160 e. The fourth-order valence-electron chi connectivity index (χ4n) is 9.83. The molecule has 0 spiro atoms. The van der Waals surface area contributed by atoms with Crippen LogP contribution in [0, 0.1) is 0 Å². The average molecular weight is 802 g/mol. The normalized spacial score (nSPS) is 12.6. The molecule has 2 aromatic heterocycles. The van der Waals surface area contributed by atoms with E-state index in [1.165, 1.54) is 38.8 Å². The van der Waals surface area contributed by atoms with Crippen molar-refractivity contribution in [3.8, 4) is 67.4 Å². The molecule has 2 heterocycles. The number of nitrogens with zero attached hydrogens (tertiary/aromatic N) is 3. The molecule has 1 aliphatic rings. The molecule has 3 nitrogen and oxygen atoms in total. The summed E-state index contributed by atoms with van der Waals surface area (Å²) in [6.07, 6.45) is 0. The Hall–Kier alpha value is -8.27. The Morgan fingerprint density at radius 2 is 0.778 bits per heavy atom. The third kappa shape index (κ3) is 6.08. The zero-order chi connectivity index (χ0) is 41.7. The van der Waals surface area contributed by atoms with Crippen LogP contribution in [0.1, 0.15) is 22.3 Å². The largest absolute Gasteiger partial charge is 0.247 e. The molecule has 1 aliphatic carbocycles. The van der Waals surface area contributed by atoms with E-state index in [1.807, 2.05) is 36.4 Å². The van der Waals surface area contributed by atoms with Crippen molar-refractivity contribution in [2.45, 2.75) is 5.41 Å². The van der Waals surface area contributed by atoms with Gasteiger partial charge in [0.25, 0.3) is 0 Å². The number of para-hydroxylation sites is 1. The number of pyridine rings is 1. The van der Waals surface area contributed by atoms with E-state index in [0.29, 0.717) is 5.82 Å². The number of benzene rings is 9. The second kappa shape index (κ2) is 15.0. The first-order valence-corrected chi connectivity index (χ1v) is 21.5. The quantitative estimate of drug-likeness (QED) is 0.151. The van der Waals surface area contributed by atoms with Crippen molar-refractivity contribution >= 4 is 21.7 Å². The molecule has 63 heavy (non-hydrogen) atoms. The second-order valence-electron chi connectivity index (χ2n) is 16.3. The molecule has 0 N–H and O–H groups in total. The molecular weight excluding hydrogens is 763 g/mol. The monoisotopic (exact) mass is 801 g/mol. The van der Waals surface area contributed by atoms with Crippen molar-refractivity contribution in [1.82, 2.24) is 15.0 Å². The summed E-state index contributed by atoms with van der Waals surface area (Å²) >= 11 is 0. The van der Waals surface area contributed by atoms with Gasteiger partial charge >= 0.3 is 0 Å². The zero-order valence-electron chi connectivity index (χ0n) is 34.4. The Kier molecular flexibility index (Phi) is 8.72. The van der Waals surface area contributed by atoms with Crippen LogP contribution in [-0.2, 0) is 5.41 Å². The van der Waals surface area contributed by atoms with Gasteiger partial charge in [0.15, 0.2) is 5.82 Å². The summed E-state index contributed by atoms with van der Waals surface area (Å²) in [5, 5.41) is 3.50. The molecule has 12 rings (SSSR count). The van der Waals surface area contributed by atoms with E-state index in [9.17, 15) is 0 Å². The van der Waals surface area contributed by atoms with E-state index >= 15 is 0 Å². The van der Waals surface area contributed by atoms with Crippen LogP contribution in [0.2, 0.25) is 0 Å². The van der Waals surface area contributed by atoms with Crippen LogP contribution >= 0.6 is 0 Å². The van der Waals surface area contributed by atoms with Crippen molar-refractivity contribution in [1.29, 1.82) is 0 Å². The molecule has 0 saturated heterocycles.